The van der Waals surface area contributed by atoms with E-state index in [1.165, 1.54) is 10.6 Å². The molecule has 0 aliphatic carbocycles. The van der Waals surface area contributed by atoms with Gasteiger partial charge in [0.1, 0.15) is 5.52 Å². The Hall–Kier alpha value is -0.890. The summed E-state index contributed by atoms with van der Waals surface area (Å²) in [4.78, 5) is 6.94. The first-order valence-corrected chi connectivity index (χ1v) is 10.6. The monoisotopic (exact) mass is 373 g/mol. The van der Waals surface area contributed by atoms with Crippen LogP contribution >= 0.6 is 22.9 Å². The Balaban J connectivity index is 1.65. The minimum atomic E-state index is -3.10. The topological polar surface area (TPSA) is 53.5 Å². The molecule has 0 spiro atoms. The number of rotatable bonds is 4. The number of benzene rings is 1. The van der Waals surface area contributed by atoms with Gasteiger partial charge in [-0.25, -0.2) is 17.7 Å². The lowest BCUT2D eigenvalue weighted by molar-refractivity contribution is 0.329. The van der Waals surface area contributed by atoms with Gasteiger partial charge in [-0.3, -0.25) is 0 Å². The Morgan fingerprint density at radius 2 is 2.09 bits per heavy atom. The number of hydrogen-bond donors (Lipinski definition) is 0. The lowest BCUT2D eigenvalue weighted by Crippen LogP contribution is -2.39. The number of thiazole rings is 1. The van der Waals surface area contributed by atoms with Crippen LogP contribution in [-0.2, 0) is 10.0 Å². The molecule has 126 valence electrons. The molecule has 1 fully saturated rings. The Labute approximate surface area is 145 Å². The van der Waals surface area contributed by atoms with Crippen molar-refractivity contribution in [3.05, 3.63) is 23.2 Å². The van der Waals surface area contributed by atoms with Crippen molar-refractivity contribution in [2.24, 2.45) is 5.92 Å². The highest BCUT2D eigenvalue weighted by molar-refractivity contribution is 7.88. The molecule has 1 saturated heterocycles. The van der Waals surface area contributed by atoms with Crippen LogP contribution in [0.1, 0.15) is 12.8 Å². The van der Waals surface area contributed by atoms with Crippen LogP contribution in [-0.4, -0.2) is 50.6 Å². The van der Waals surface area contributed by atoms with Crippen LogP contribution in [0.5, 0.6) is 0 Å². The molecule has 0 N–H and O–H groups in total. The maximum Gasteiger partial charge on any atom is 0.210 e. The predicted molar refractivity (Wildman–Crippen MR) is 97.0 cm³/mol. The van der Waals surface area contributed by atoms with E-state index in [0.29, 0.717) is 17.5 Å². The van der Waals surface area contributed by atoms with E-state index >= 15 is 0 Å². The molecule has 1 aliphatic heterocycles. The van der Waals surface area contributed by atoms with Crippen LogP contribution in [0.15, 0.2) is 18.2 Å². The molecule has 8 heteroatoms. The van der Waals surface area contributed by atoms with Gasteiger partial charge in [0.05, 0.1) is 16.0 Å². The van der Waals surface area contributed by atoms with E-state index in [1.807, 2.05) is 18.2 Å². The maximum atomic E-state index is 11.5. The second-order valence-corrected chi connectivity index (χ2v) is 9.56. The van der Waals surface area contributed by atoms with Gasteiger partial charge in [-0.15, -0.1) is 0 Å². The van der Waals surface area contributed by atoms with Gasteiger partial charge in [0.25, 0.3) is 0 Å². The molecule has 2 aromatic rings. The zero-order valence-corrected chi connectivity index (χ0v) is 15.6. The molecule has 0 bridgehead atoms. The van der Waals surface area contributed by atoms with E-state index in [2.05, 4.69) is 9.88 Å². The molecule has 5 nitrogen and oxygen atoms in total. The molecule has 0 saturated carbocycles. The Morgan fingerprint density at radius 1 is 1.39 bits per heavy atom. The second kappa shape index (κ2) is 6.55. The number of piperidine rings is 1. The van der Waals surface area contributed by atoms with Crippen LogP contribution in [0.3, 0.4) is 0 Å². The molecule has 0 amide bonds. The van der Waals surface area contributed by atoms with Crippen molar-refractivity contribution in [1.29, 1.82) is 0 Å². The average molecular weight is 374 g/mol. The standard InChI is InChI=1S/C15H20ClN3O2S2/c1-18(23(2,20)21)10-11-6-8-19(9-7-11)15-17-14-12(16)4-3-5-13(14)22-15/h3-5,11H,6-10H2,1-2H3. The Kier molecular flexibility index (Phi) is 4.83. The van der Waals surface area contributed by atoms with Gasteiger partial charge in [0, 0.05) is 26.7 Å². The summed E-state index contributed by atoms with van der Waals surface area (Å²) in [6.07, 6.45) is 3.21. The van der Waals surface area contributed by atoms with Crippen molar-refractivity contribution in [3.8, 4) is 0 Å². The SMILES string of the molecule is CN(CC1CCN(c2nc3c(Cl)cccc3s2)CC1)S(C)(=O)=O. The van der Waals surface area contributed by atoms with Crippen molar-refractivity contribution < 1.29 is 8.42 Å². The number of anilines is 1. The van der Waals surface area contributed by atoms with E-state index < -0.39 is 10.0 Å². The largest absolute Gasteiger partial charge is 0.348 e. The summed E-state index contributed by atoms with van der Waals surface area (Å²) >= 11 is 7.86. The minimum Gasteiger partial charge on any atom is -0.348 e. The van der Waals surface area contributed by atoms with Gasteiger partial charge in [0.2, 0.25) is 10.0 Å². The fraction of sp³-hybridized carbons (Fsp3) is 0.533. The molecule has 1 aliphatic rings. The summed E-state index contributed by atoms with van der Waals surface area (Å²) in [5.74, 6) is 0.406. The minimum absolute atomic E-state index is 0.406. The molecular weight excluding hydrogens is 354 g/mol. The van der Waals surface area contributed by atoms with Crippen molar-refractivity contribution >= 4 is 48.3 Å². The number of halogens is 1. The normalized spacial score (nSPS) is 17.3. The van der Waals surface area contributed by atoms with Gasteiger partial charge in [-0.2, -0.15) is 0 Å². The number of aromatic nitrogens is 1. The highest BCUT2D eigenvalue weighted by Crippen LogP contribution is 2.34. The van der Waals surface area contributed by atoms with Crippen LogP contribution in [0, 0.1) is 5.92 Å². The molecule has 2 heterocycles. The smallest absolute Gasteiger partial charge is 0.210 e. The summed E-state index contributed by atoms with van der Waals surface area (Å²) in [6.45, 7) is 2.40. The highest BCUT2D eigenvalue weighted by atomic mass is 35.5. The van der Waals surface area contributed by atoms with Crippen molar-refractivity contribution in [3.63, 3.8) is 0 Å². The summed E-state index contributed by atoms with van der Waals surface area (Å²) in [7, 11) is -1.45. The maximum absolute atomic E-state index is 11.5. The lowest BCUT2D eigenvalue weighted by Gasteiger charge is -2.33. The first-order chi connectivity index (χ1) is 10.8. The molecular formula is C15H20ClN3O2S2. The third kappa shape index (κ3) is 3.79. The molecule has 0 atom stereocenters. The fourth-order valence-electron chi connectivity index (χ4n) is 2.84. The first-order valence-electron chi connectivity index (χ1n) is 7.56. The third-order valence-corrected chi connectivity index (χ3v) is 6.99. The average Bonchev–Trinajstić information content (AvgIpc) is 2.92. The van der Waals surface area contributed by atoms with Gasteiger partial charge in [-0.1, -0.05) is 29.0 Å². The van der Waals surface area contributed by atoms with E-state index in [1.54, 1.807) is 18.4 Å². The van der Waals surface area contributed by atoms with Crippen molar-refractivity contribution in [1.82, 2.24) is 9.29 Å². The van der Waals surface area contributed by atoms with Gasteiger partial charge < -0.3 is 4.90 Å². The molecule has 1 aromatic carbocycles. The van der Waals surface area contributed by atoms with Crippen LogP contribution < -0.4 is 4.90 Å². The number of sulfonamides is 1. The number of fused-ring (bicyclic) bond motifs is 1. The zero-order valence-electron chi connectivity index (χ0n) is 13.2. The van der Waals surface area contributed by atoms with Gasteiger partial charge >= 0.3 is 0 Å². The second-order valence-electron chi connectivity index (χ2n) is 6.06. The zero-order chi connectivity index (χ0) is 16.6. The van der Waals surface area contributed by atoms with E-state index in [0.717, 1.165) is 41.3 Å². The predicted octanol–water partition coefficient (Wildman–Crippen LogP) is 3.06. The van der Waals surface area contributed by atoms with E-state index in [9.17, 15) is 8.42 Å². The first kappa shape index (κ1) is 17.0. The van der Waals surface area contributed by atoms with Crippen LogP contribution in [0.25, 0.3) is 10.2 Å². The summed E-state index contributed by atoms with van der Waals surface area (Å²) in [6, 6.07) is 5.84. The number of nitrogens with zero attached hydrogens (tertiary/aromatic N) is 3. The van der Waals surface area contributed by atoms with E-state index in [4.69, 9.17) is 11.6 Å². The summed E-state index contributed by atoms with van der Waals surface area (Å²) < 4.78 is 25.6. The molecule has 1 aromatic heterocycles. The number of para-hydroxylation sites is 1. The van der Waals surface area contributed by atoms with Gasteiger partial charge in [-0.05, 0) is 30.9 Å². The number of hydrogen-bond acceptors (Lipinski definition) is 5. The van der Waals surface area contributed by atoms with Crippen molar-refractivity contribution in [2.45, 2.75) is 12.8 Å². The van der Waals surface area contributed by atoms with Crippen LogP contribution in [0.2, 0.25) is 5.02 Å². The third-order valence-electron chi connectivity index (χ3n) is 4.32. The lowest BCUT2D eigenvalue weighted by atomic mass is 9.97. The molecule has 0 radical (unpaired) electrons. The van der Waals surface area contributed by atoms with Crippen LogP contribution in [0.4, 0.5) is 5.13 Å². The van der Waals surface area contributed by atoms with E-state index in [-0.39, 0.29) is 0 Å². The molecule has 3 rings (SSSR count). The molecule has 23 heavy (non-hydrogen) atoms. The van der Waals surface area contributed by atoms with Gasteiger partial charge in [0.15, 0.2) is 5.13 Å². The summed E-state index contributed by atoms with van der Waals surface area (Å²) in [5, 5.41) is 1.69. The fourth-order valence-corrected chi connectivity index (χ4v) is 4.64. The molecule has 0 unspecified atom stereocenters. The highest BCUT2D eigenvalue weighted by Gasteiger charge is 2.24. The Bertz CT molecular complexity index is 798. The van der Waals surface area contributed by atoms with Crippen molar-refractivity contribution in [2.75, 3.05) is 37.8 Å². The quantitative estimate of drug-likeness (QED) is 0.826. The summed E-state index contributed by atoms with van der Waals surface area (Å²) in [5.41, 5.74) is 0.869. The Morgan fingerprint density at radius 3 is 2.70 bits per heavy atom.